The van der Waals surface area contributed by atoms with E-state index in [1.165, 1.54) is 4.31 Å². The molecular formula is C12H18ClNO2S. The smallest absolute Gasteiger partial charge is 0.207 e. The second-order valence-electron chi connectivity index (χ2n) is 4.34. The molecule has 0 aliphatic rings. The minimum atomic E-state index is -3.41. The molecule has 0 N–H and O–H groups in total. The van der Waals surface area contributed by atoms with E-state index in [2.05, 4.69) is 0 Å². The van der Waals surface area contributed by atoms with Crippen LogP contribution in [-0.2, 0) is 15.9 Å². The van der Waals surface area contributed by atoms with Crippen molar-refractivity contribution in [1.82, 2.24) is 4.31 Å². The van der Waals surface area contributed by atoms with E-state index < -0.39 is 10.0 Å². The van der Waals surface area contributed by atoms with Gasteiger partial charge in [-0.2, -0.15) is 4.31 Å². The van der Waals surface area contributed by atoms with Crippen LogP contribution in [0.5, 0.6) is 0 Å². The Hall–Kier alpha value is -0.580. The summed E-state index contributed by atoms with van der Waals surface area (Å²) in [6.07, 6.45) is 0. The zero-order valence-electron chi connectivity index (χ0n) is 10.6. The zero-order chi connectivity index (χ0) is 13.2. The molecule has 0 unspecified atom stereocenters. The van der Waals surface area contributed by atoms with Gasteiger partial charge >= 0.3 is 0 Å². The Morgan fingerprint density at radius 3 is 2.41 bits per heavy atom. The van der Waals surface area contributed by atoms with E-state index in [4.69, 9.17) is 11.6 Å². The predicted molar refractivity (Wildman–Crippen MR) is 70.8 cm³/mol. The second kappa shape index (κ2) is 5.38. The molecule has 0 aliphatic heterocycles. The van der Waals surface area contributed by atoms with Gasteiger partial charge < -0.3 is 0 Å². The van der Waals surface area contributed by atoms with Crippen LogP contribution >= 0.6 is 11.6 Å². The summed E-state index contributed by atoms with van der Waals surface area (Å²) in [5.74, 6) is 0.320. The minimum absolute atomic E-state index is 0.0687. The van der Waals surface area contributed by atoms with E-state index in [9.17, 15) is 8.42 Å². The first kappa shape index (κ1) is 14.5. The molecule has 17 heavy (non-hydrogen) atoms. The van der Waals surface area contributed by atoms with Gasteiger partial charge in [-0.15, -0.1) is 11.6 Å². The maximum atomic E-state index is 12.2. The van der Waals surface area contributed by atoms with Gasteiger partial charge in [-0.1, -0.05) is 6.07 Å². The molecule has 0 spiro atoms. The van der Waals surface area contributed by atoms with Gasteiger partial charge in [-0.3, -0.25) is 0 Å². The second-order valence-corrected chi connectivity index (χ2v) is 6.60. The van der Waals surface area contributed by atoms with Gasteiger partial charge in [0, 0.05) is 19.0 Å². The fourth-order valence-electron chi connectivity index (χ4n) is 1.40. The molecule has 0 saturated carbocycles. The van der Waals surface area contributed by atoms with Crippen molar-refractivity contribution in [2.75, 3.05) is 7.05 Å². The molecule has 0 amide bonds. The third-order valence-electron chi connectivity index (χ3n) is 2.87. The molecule has 0 heterocycles. The fraction of sp³-hybridized carbons (Fsp3) is 0.500. The number of rotatable bonds is 4. The summed E-state index contributed by atoms with van der Waals surface area (Å²) < 4.78 is 25.8. The van der Waals surface area contributed by atoms with Crippen LogP contribution in [0.1, 0.15) is 25.0 Å². The van der Waals surface area contributed by atoms with Gasteiger partial charge in [0.1, 0.15) is 0 Å². The summed E-state index contributed by atoms with van der Waals surface area (Å²) >= 11 is 5.79. The largest absolute Gasteiger partial charge is 0.243 e. The van der Waals surface area contributed by atoms with Crippen LogP contribution in [0.25, 0.3) is 0 Å². The molecule has 96 valence electrons. The van der Waals surface area contributed by atoms with Crippen LogP contribution in [-0.4, -0.2) is 25.8 Å². The van der Waals surface area contributed by atoms with Gasteiger partial charge in [0.05, 0.1) is 4.90 Å². The third-order valence-corrected chi connectivity index (χ3v) is 5.19. The van der Waals surface area contributed by atoms with Gasteiger partial charge in [0.2, 0.25) is 10.0 Å². The van der Waals surface area contributed by atoms with Crippen LogP contribution in [0, 0.1) is 6.92 Å². The summed E-state index contributed by atoms with van der Waals surface area (Å²) in [5.41, 5.74) is 1.86. The summed E-state index contributed by atoms with van der Waals surface area (Å²) in [6, 6.07) is 5.00. The van der Waals surface area contributed by atoms with E-state index in [0.29, 0.717) is 10.8 Å². The van der Waals surface area contributed by atoms with Crippen molar-refractivity contribution >= 4 is 21.6 Å². The number of hydrogen-bond donors (Lipinski definition) is 0. The standard InChI is InChI=1S/C12H18ClNO2S/c1-9(2)14(4)17(15,16)12-6-5-10(3)11(7-12)8-13/h5-7,9H,8H2,1-4H3. The number of halogens is 1. The first-order chi connectivity index (χ1) is 7.80. The number of alkyl halides is 1. The lowest BCUT2D eigenvalue weighted by Crippen LogP contribution is -2.33. The lowest BCUT2D eigenvalue weighted by Gasteiger charge is -2.21. The Balaban J connectivity index is 3.25. The maximum absolute atomic E-state index is 12.2. The molecule has 0 fully saturated rings. The van der Waals surface area contributed by atoms with Crippen LogP contribution in [0.15, 0.2) is 23.1 Å². The van der Waals surface area contributed by atoms with Crippen LogP contribution in [0.3, 0.4) is 0 Å². The molecule has 0 saturated heterocycles. The molecule has 1 aromatic carbocycles. The van der Waals surface area contributed by atoms with Crippen LogP contribution in [0.4, 0.5) is 0 Å². The predicted octanol–water partition coefficient (Wildman–Crippen LogP) is 2.76. The number of nitrogens with zero attached hydrogens (tertiary/aromatic N) is 1. The van der Waals surface area contributed by atoms with Gasteiger partial charge in [-0.05, 0) is 44.0 Å². The molecule has 5 heteroatoms. The molecule has 1 aromatic rings. The van der Waals surface area contributed by atoms with Crippen molar-refractivity contribution in [3.63, 3.8) is 0 Å². The highest BCUT2D eigenvalue weighted by molar-refractivity contribution is 7.89. The molecule has 0 aromatic heterocycles. The van der Waals surface area contributed by atoms with E-state index in [1.54, 1.807) is 25.2 Å². The summed E-state index contributed by atoms with van der Waals surface area (Å²) in [6.45, 7) is 5.60. The van der Waals surface area contributed by atoms with Gasteiger partial charge in [-0.25, -0.2) is 8.42 Å². The summed E-state index contributed by atoms with van der Waals surface area (Å²) in [5, 5.41) is 0. The molecule has 0 radical (unpaired) electrons. The van der Waals surface area contributed by atoms with Gasteiger partial charge in [0.25, 0.3) is 0 Å². The van der Waals surface area contributed by atoms with E-state index in [-0.39, 0.29) is 6.04 Å². The molecule has 0 atom stereocenters. The normalized spacial score (nSPS) is 12.4. The number of sulfonamides is 1. The minimum Gasteiger partial charge on any atom is -0.207 e. The van der Waals surface area contributed by atoms with Gasteiger partial charge in [0.15, 0.2) is 0 Å². The van der Waals surface area contributed by atoms with Crippen molar-refractivity contribution in [3.05, 3.63) is 29.3 Å². The van der Waals surface area contributed by atoms with Crippen molar-refractivity contribution < 1.29 is 8.42 Å². The summed E-state index contributed by atoms with van der Waals surface area (Å²) in [7, 11) is -1.83. The molecule has 0 aliphatic carbocycles. The van der Waals surface area contributed by atoms with Crippen molar-refractivity contribution in [2.45, 2.75) is 37.6 Å². The highest BCUT2D eigenvalue weighted by Gasteiger charge is 2.23. The first-order valence-corrected chi connectivity index (χ1v) is 7.41. The van der Waals surface area contributed by atoms with Crippen LogP contribution < -0.4 is 0 Å². The van der Waals surface area contributed by atoms with Crippen LogP contribution in [0.2, 0.25) is 0 Å². The summed E-state index contributed by atoms with van der Waals surface area (Å²) in [4.78, 5) is 0.301. The maximum Gasteiger partial charge on any atom is 0.243 e. The molecular weight excluding hydrogens is 258 g/mol. The Kier molecular flexibility index (Phi) is 4.58. The van der Waals surface area contributed by atoms with Crippen molar-refractivity contribution in [1.29, 1.82) is 0 Å². The average Bonchev–Trinajstić information content (AvgIpc) is 2.28. The Morgan fingerprint density at radius 2 is 1.94 bits per heavy atom. The van der Waals surface area contributed by atoms with E-state index >= 15 is 0 Å². The highest BCUT2D eigenvalue weighted by Crippen LogP contribution is 2.21. The Morgan fingerprint density at radius 1 is 1.35 bits per heavy atom. The average molecular weight is 276 g/mol. The first-order valence-electron chi connectivity index (χ1n) is 5.44. The van der Waals surface area contributed by atoms with E-state index in [0.717, 1.165) is 11.1 Å². The quantitative estimate of drug-likeness (QED) is 0.793. The SMILES string of the molecule is Cc1ccc(S(=O)(=O)N(C)C(C)C)cc1CCl. The highest BCUT2D eigenvalue weighted by atomic mass is 35.5. The number of aryl methyl sites for hydroxylation is 1. The number of benzene rings is 1. The third kappa shape index (κ3) is 3.00. The Bertz CT molecular complexity index is 497. The number of hydrogen-bond acceptors (Lipinski definition) is 2. The zero-order valence-corrected chi connectivity index (χ0v) is 12.1. The topological polar surface area (TPSA) is 37.4 Å². The Labute approximate surface area is 108 Å². The lowest BCUT2D eigenvalue weighted by molar-refractivity contribution is 0.410. The molecule has 0 bridgehead atoms. The van der Waals surface area contributed by atoms with Crippen molar-refractivity contribution in [2.24, 2.45) is 0 Å². The van der Waals surface area contributed by atoms with E-state index in [1.807, 2.05) is 20.8 Å². The lowest BCUT2D eigenvalue weighted by atomic mass is 10.1. The molecule has 1 rings (SSSR count). The monoisotopic (exact) mass is 275 g/mol. The fourth-order valence-corrected chi connectivity index (χ4v) is 3.10. The molecule has 3 nitrogen and oxygen atoms in total. The van der Waals surface area contributed by atoms with Crippen molar-refractivity contribution in [3.8, 4) is 0 Å².